The minimum Gasteiger partial charge on any atom is -0.454 e. The summed E-state index contributed by atoms with van der Waals surface area (Å²) < 4.78 is 10.8. The molecule has 0 amide bonds. The standard InChI is InChI=1S/C18H26O5/c1-3-18(21,9-10-19)16(15-7-5-4-6-8-15)11-17(12-22-13-17)23-14(2)20/h4-8,16,19,21H,3,9-13H2,1-2H3/t16-,18-/m1/s1. The summed E-state index contributed by atoms with van der Waals surface area (Å²) in [5.41, 5.74) is -0.771. The summed E-state index contributed by atoms with van der Waals surface area (Å²) in [4.78, 5) is 11.4. The average Bonchev–Trinajstić information content (AvgIpc) is 2.50. The fourth-order valence-corrected chi connectivity index (χ4v) is 3.32. The molecule has 1 aliphatic heterocycles. The van der Waals surface area contributed by atoms with E-state index in [-0.39, 0.29) is 24.9 Å². The second-order valence-electron chi connectivity index (χ2n) is 6.37. The van der Waals surface area contributed by atoms with E-state index in [1.807, 2.05) is 37.3 Å². The topological polar surface area (TPSA) is 76.0 Å². The fraction of sp³-hybridized carbons (Fsp3) is 0.611. The highest BCUT2D eigenvalue weighted by atomic mass is 16.6. The molecule has 0 bridgehead atoms. The number of carbonyl (C=O) groups excluding carboxylic acids is 1. The molecule has 0 spiro atoms. The highest BCUT2D eigenvalue weighted by Crippen LogP contribution is 2.42. The van der Waals surface area contributed by atoms with Crippen molar-refractivity contribution in [3.05, 3.63) is 35.9 Å². The lowest BCUT2D eigenvalue weighted by Gasteiger charge is -2.46. The van der Waals surface area contributed by atoms with E-state index in [0.29, 0.717) is 26.1 Å². The molecule has 0 unspecified atom stereocenters. The third-order valence-electron chi connectivity index (χ3n) is 4.67. The SMILES string of the molecule is CC[C@@](O)(CCO)[C@H](CC1(OC(C)=O)COC1)c1ccccc1. The van der Waals surface area contributed by atoms with Crippen LogP contribution in [0.2, 0.25) is 0 Å². The summed E-state index contributed by atoms with van der Waals surface area (Å²) >= 11 is 0. The van der Waals surface area contributed by atoms with Crippen LogP contribution in [0.15, 0.2) is 30.3 Å². The van der Waals surface area contributed by atoms with Gasteiger partial charge in [-0.05, 0) is 18.4 Å². The second kappa shape index (κ2) is 7.43. The van der Waals surface area contributed by atoms with Gasteiger partial charge in [-0.25, -0.2) is 0 Å². The van der Waals surface area contributed by atoms with Gasteiger partial charge in [-0.2, -0.15) is 0 Å². The van der Waals surface area contributed by atoms with E-state index in [0.717, 1.165) is 5.56 Å². The van der Waals surface area contributed by atoms with E-state index in [1.165, 1.54) is 6.92 Å². The Morgan fingerprint density at radius 2 is 2.04 bits per heavy atom. The zero-order valence-electron chi connectivity index (χ0n) is 13.8. The van der Waals surface area contributed by atoms with Gasteiger partial charge in [0.05, 0.1) is 18.8 Å². The number of aliphatic hydroxyl groups is 2. The van der Waals surface area contributed by atoms with Crippen molar-refractivity contribution in [3.63, 3.8) is 0 Å². The third-order valence-corrected chi connectivity index (χ3v) is 4.67. The van der Waals surface area contributed by atoms with Crippen molar-refractivity contribution in [1.29, 1.82) is 0 Å². The predicted octanol–water partition coefficient (Wildman–Crippen LogP) is 2.02. The monoisotopic (exact) mass is 322 g/mol. The molecule has 1 aromatic rings. The Labute approximate surface area is 137 Å². The number of esters is 1. The molecule has 1 aromatic carbocycles. The van der Waals surface area contributed by atoms with Gasteiger partial charge in [0.2, 0.25) is 0 Å². The van der Waals surface area contributed by atoms with Crippen LogP contribution in [0.25, 0.3) is 0 Å². The summed E-state index contributed by atoms with van der Waals surface area (Å²) in [6.45, 7) is 3.88. The number of rotatable bonds is 8. The number of benzene rings is 1. The van der Waals surface area contributed by atoms with Gasteiger partial charge in [0.25, 0.3) is 0 Å². The van der Waals surface area contributed by atoms with Gasteiger partial charge in [0.1, 0.15) is 0 Å². The molecule has 2 atom stereocenters. The second-order valence-corrected chi connectivity index (χ2v) is 6.37. The molecular formula is C18H26O5. The first-order chi connectivity index (χ1) is 10.9. The number of carbonyl (C=O) groups is 1. The van der Waals surface area contributed by atoms with Crippen LogP contribution in [-0.4, -0.2) is 47.2 Å². The van der Waals surface area contributed by atoms with Crippen molar-refractivity contribution in [1.82, 2.24) is 0 Å². The van der Waals surface area contributed by atoms with Gasteiger partial charge >= 0.3 is 5.97 Å². The smallest absolute Gasteiger partial charge is 0.303 e. The summed E-state index contributed by atoms with van der Waals surface area (Å²) in [7, 11) is 0. The maximum Gasteiger partial charge on any atom is 0.303 e. The van der Waals surface area contributed by atoms with Crippen molar-refractivity contribution in [3.8, 4) is 0 Å². The highest BCUT2D eigenvalue weighted by molar-refractivity contribution is 5.66. The minimum absolute atomic E-state index is 0.0925. The summed E-state index contributed by atoms with van der Waals surface area (Å²) in [6.07, 6.45) is 1.26. The Hall–Kier alpha value is -1.43. The Balaban J connectivity index is 2.32. The molecule has 2 N–H and O–H groups in total. The summed E-state index contributed by atoms with van der Waals surface area (Å²) in [5.74, 6) is -0.591. The zero-order valence-corrected chi connectivity index (χ0v) is 13.8. The molecule has 1 aliphatic rings. The number of aliphatic hydroxyl groups excluding tert-OH is 1. The quantitative estimate of drug-likeness (QED) is 0.716. The van der Waals surface area contributed by atoms with Crippen molar-refractivity contribution < 1.29 is 24.5 Å². The molecule has 0 aromatic heterocycles. The van der Waals surface area contributed by atoms with E-state index >= 15 is 0 Å². The third kappa shape index (κ3) is 4.10. The molecular weight excluding hydrogens is 296 g/mol. The lowest BCUT2D eigenvalue weighted by Crippen LogP contribution is -2.55. The van der Waals surface area contributed by atoms with Gasteiger partial charge in [0.15, 0.2) is 5.60 Å². The van der Waals surface area contributed by atoms with Crippen LogP contribution >= 0.6 is 0 Å². The Morgan fingerprint density at radius 3 is 2.48 bits per heavy atom. The molecule has 0 saturated carbocycles. The molecule has 23 heavy (non-hydrogen) atoms. The highest BCUT2D eigenvalue weighted by Gasteiger charge is 2.48. The van der Waals surface area contributed by atoms with Crippen molar-refractivity contribution in [2.24, 2.45) is 0 Å². The molecule has 1 fully saturated rings. The summed E-state index contributed by atoms with van der Waals surface area (Å²) in [6, 6.07) is 9.69. The van der Waals surface area contributed by atoms with Crippen molar-refractivity contribution in [2.45, 2.75) is 50.2 Å². The van der Waals surface area contributed by atoms with Gasteiger partial charge < -0.3 is 19.7 Å². The first-order valence-electron chi connectivity index (χ1n) is 8.10. The molecule has 5 heteroatoms. The lowest BCUT2D eigenvalue weighted by atomic mass is 9.72. The van der Waals surface area contributed by atoms with Gasteiger partial charge in [-0.1, -0.05) is 37.3 Å². The molecule has 2 rings (SSSR count). The van der Waals surface area contributed by atoms with Gasteiger partial charge in [-0.3, -0.25) is 4.79 Å². The molecule has 1 heterocycles. The number of hydrogen-bond donors (Lipinski definition) is 2. The molecule has 1 saturated heterocycles. The summed E-state index contributed by atoms with van der Waals surface area (Å²) in [5, 5.41) is 20.5. The molecule has 0 aliphatic carbocycles. The normalized spacial score (nSPS) is 20.2. The molecule has 5 nitrogen and oxygen atoms in total. The maximum atomic E-state index is 11.4. The predicted molar refractivity (Wildman–Crippen MR) is 86.1 cm³/mol. The Kier molecular flexibility index (Phi) is 5.79. The van der Waals surface area contributed by atoms with Crippen LogP contribution < -0.4 is 0 Å². The number of ether oxygens (including phenoxy) is 2. The van der Waals surface area contributed by atoms with Crippen LogP contribution in [0.3, 0.4) is 0 Å². The van der Waals surface area contributed by atoms with Crippen molar-refractivity contribution in [2.75, 3.05) is 19.8 Å². The fourth-order valence-electron chi connectivity index (χ4n) is 3.32. The van der Waals surface area contributed by atoms with Crippen LogP contribution in [-0.2, 0) is 14.3 Å². The first-order valence-corrected chi connectivity index (χ1v) is 8.10. The number of hydrogen-bond acceptors (Lipinski definition) is 5. The van der Waals surface area contributed by atoms with Crippen LogP contribution in [0.4, 0.5) is 0 Å². The average molecular weight is 322 g/mol. The zero-order chi connectivity index (χ0) is 16.9. The first kappa shape index (κ1) is 17.9. The Morgan fingerprint density at radius 1 is 1.39 bits per heavy atom. The van der Waals surface area contributed by atoms with Gasteiger partial charge in [0, 0.05) is 25.9 Å². The van der Waals surface area contributed by atoms with E-state index < -0.39 is 11.2 Å². The van der Waals surface area contributed by atoms with E-state index in [9.17, 15) is 15.0 Å². The largest absolute Gasteiger partial charge is 0.454 e. The van der Waals surface area contributed by atoms with Crippen LogP contribution in [0, 0.1) is 0 Å². The van der Waals surface area contributed by atoms with E-state index in [1.54, 1.807) is 0 Å². The maximum absolute atomic E-state index is 11.4. The van der Waals surface area contributed by atoms with Crippen LogP contribution in [0.5, 0.6) is 0 Å². The molecule has 0 radical (unpaired) electrons. The van der Waals surface area contributed by atoms with Crippen molar-refractivity contribution >= 4 is 5.97 Å². The van der Waals surface area contributed by atoms with Crippen LogP contribution in [0.1, 0.15) is 44.6 Å². The minimum atomic E-state index is -1.06. The molecule has 128 valence electrons. The Bertz CT molecular complexity index is 511. The van der Waals surface area contributed by atoms with Gasteiger partial charge in [-0.15, -0.1) is 0 Å². The van der Waals surface area contributed by atoms with E-state index in [2.05, 4.69) is 0 Å². The van der Waals surface area contributed by atoms with E-state index in [4.69, 9.17) is 9.47 Å². The lowest BCUT2D eigenvalue weighted by molar-refractivity contribution is -0.219.